The molecule has 1 aliphatic rings. The minimum Gasteiger partial charge on any atom is -0.368 e. The summed E-state index contributed by atoms with van der Waals surface area (Å²) < 4.78 is 25.1. The van der Waals surface area contributed by atoms with Gasteiger partial charge in [-0.2, -0.15) is 0 Å². The Kier molecular flexibility index (Phi) is 4.63. The number of anilines is 1. The van der Waals surface area contributed by atoms with Crippen LogP contribution in [0.2, 0.25) is 0 Å². The molecule has 6 heteroatoms. The third-order valence-electron chi connectivity index (χ3n) is 5.08. The van der Waals surface area contributed by atoms with Gasteiger partial charge in [-0.25, -0.2) is 13.6 Å². The molecule has 0 saturated carbocycles. The first-order chi connectivity index (χ1) is 12.9. The first-order valence-corrected chi connectivity index (χ1v) is 10.6. The van der Waals surface area contributed by atoms with E-state index in [1.807, 2.05) is 61.5 Å². The molecule has 0 amide bonds. The van der Waals surface area contributed by atoms with Crippen molar-refractivity contribution in [3.63, 3.8) is 0 Å². The van der Waals surface area contributed by atoms with Gasteiger partial charge in [-0.3, -0.25) is 0 Å². The molecule has 0 aliphatic carbocycles. The van der Waals surface area contributed by atoms with Gasteiger partial charge >= 0.3 is 0 Å². The number of fused-ring (bicyclic) bond motifs is 1. The van der Waals surface area contributed by atoms with E-state index in [1.54, 1.807) is 0 Å². The number of primary sulfonamides is 1. The molecular formula is C21H23N3O2S. The highest BCUT2D eigenvalue weighted by molar-refractivity contribution is 7.89. The number of nitrogens with two attached hydrogens (primary N) is 1. The van der Waals surface area contributed by atoms with E-state index in [0.717, 1.165) is 48.4 Å². The minimum atomic E-state index is -3.90. The van der Waals surface area contributed by atoms with Crippen molar-refractivity contribution >= 4 is 26.5 Å². The van der Waals surface area contributed by atoms with Gasteiger partial charge in [0, 0.05) is 48.2 Å². The molecule has 3 N–H and O–H groups in total. The highest BCUT2D eigenvalue weighted by Gasteiger charge is 2.23. The molecule has 0 atom stereocenters. The summed E-state index contributed by atoms with van der Waals surface area (Å²) in [4.78, 5) is 2.50. The Labute approximate surface area is 159 Å². The molecule has 3 aromatic carbocycles. The maximum Gasteiger partial charge on any atom is 0.239 e. The number of sulfonamides is 1. The first kappa shape index (κ1) is 18.0. The predicted molar refractivity (Wildman–Crippen MR) is 111 cm³/mol. The van der Waals surface area contributed by atoms with Crippen LogP contribution in [0.1, 0.15) is 5.56 Å². The summed E-state index contributed by atoms with van der Waals surface area (Å²) in [6.07, 6.45) is 0. The average Bonchev–Trinajstić information content (AvgIpc) is 2.67. The third kappa shape index (κ3) is 3.43. The maximum absolute atomic E-state index is 12.5. The zero-order valence-corrected chi connectivity index (χ0v) is 16.1. The highest BCUT2D eigenvalue weighted by Crippen LogP contribution is 2.39. The van der Waals surface area contributed by atoms with E-state index in [-0.39, 0.29) is 4.90 Å². The van der Waals surface area contributed by atoms with Crippen LogP contribution in [0.25, 0.3) is 21.9 Å². The predicted octanol–water partition coefficient (Wildman–Crippen LogP) is 2.87. The van der Waals surface area contributed by atoms with Crippen molar-refractivity contribution in [2.24, 2.45) is 5.14 Å². The van der Waals surface area contributed by atoms with Crippen molar-refractivity contribution in [2.45, 2.75) is 11.8 Å². The molecular weight excluding hydrogens is 358 g/mol. The van der Waals surface area contributed by atoms with Crippen molar-refractivity contribution in [3.05, 3.63) is 60.2 Å². The van der Waals surface area contributed by atoms with Crippen LogP contribution in [0.15, 0.2) is 59.5 Å². The van der Waals surface area contributed by atoms with Crippen molar-refractivity contribution in [1.29, 1.82) is 0 Å². The Balaban J connectivity index is 2.06. The number of piperazine rings is 1. The van der Waals surface area contributed by atoms with Crippen molar-refractivity contribution in [2.75, 3.05) is 31.1 Å². The Morgan fingerprint density at radius 3 is 2.22 bits per heavy atom. The Bertz CT molecular complexity index is 1090. The summed E-state index contributed by atoms with van der Waals surface area (Å²) >= 11 is 0. The Morgan fingerprint density at radius 2 is 1.59 bits per heavy atom. The lowest BCUT2D eigenvalue weighted by Crippen LogP contribution is -2.43. The normalized spacial score (nSPS) is 15.3. The monoisotopic (exact) mass is 381 g/mol. The lowest BCUT2D eigenvalue weighted by Gasteiger charge is -2.31. The summed E-state index contributed by atoms with van der Waals surface area (Å²) in [7, 11) is -3.90. The molecule has 1 saturated heterocycles. The number of rotatable bonds is 3. The van der Waals surface area contributed by atoms with E-state index in [2.05, 4.69) is 10.2 Å². The highest BCUT2D eigenvalue weighted by atomic mass is 32.2. The van der Waals surface area contributed by atoms with Gasteiger partial charge in [0.15, 0.2) is 0 Å². The SMILES string of the molecule is Cc1ccc(-c2cc(N3CCNCC3)c3ccccc3c2S(N)(=O)=O)cc1. The topological polar surface area (TPSA) is 75.4 Å². The van der Waals surface area contributed by atoms with Gasteiger partial charge in [0.05, 0.1) is 4.90 Å². The lowest BCUT2D eigenvalue weighted by atomic mass is 9.98. The van der Waals surface area contributed by atoms with Gasteiger partial charge < -0.3 is 10.2 Å². The summed E-state index contributed by atoms with van der Waals surface area (Å²) in [5.41, 5.74) is 3.69. The van der Waals surface area contributed by atoms with Crippen LogP contribution in [0.4, 0.5) is 5.69 Å². The van der Waals surface area contributed by atoms with Gasteiger partial charge in [0.2, 0.25) is 10.0 Å². The fourth-order valence-corrected chi connectivity index (χ4v) is 4.72. The van der Waals surface area contributed by atoms with Crippen molar-refractivity contribution in [3.8, 4) is 11.1 Å². The van der Waals surface area contributed by atoms with Gasteiger partial charge in [0.25, 0.3) is 0 Å². The largest absolute Gasteiger partial charge is 0.368 e. The van der Waals surface area contributed by atoms with Crippen molar-refractivity contribution < 1.29 is 8.42 Å². The molecule has 0 spiro atoms. The van der Waals surface area contributed by atoms with Crippen LogP contribution in [0.3, 0.4) is 0 Å². The number of aryl methyl sites for hydroxylation is 1. The molecule has 1 fully saturated rings. The molecule has 0 bridgehead atoms. The first-order valence-electron chi connectivity index (χ1n) is 9.06. The van der Waals surface area contributed by atoms with E-state index in [4.69, 9.17) is 5.14 Å². The molecule has 1 heterocycles. The number of benzene rings is 3. The molecule has 0 unspecified atom stereocenters. The van der Waals surface area contributed by atoms with E-state index in [9.17, 15) is 8.42 Å². The molecule has 1 aliphatic heterocycles. The fourth-order valence-electron chi connectivity index (χ4n) is 3.75. The number of nitrogens with zero attached hydrogens (tertiary/aromatic N) is 1. The Hall–Kier alpha value is -2.41. The standard InChI is InChI=1S/C21H23N3O2S/c1-15-6-8-16(9-7-15)19-14-20(24-12-10-23-11-13-24)17-4-2-3-5-18(17)21(19)27(22,25)26/h2-9,14,23H,10-13H2,1H3,(H2,22,25,26). The Morgan fingerprint density at radius 1 is 0.963 bits per heavy atom. The van der Waals surface area contributed by atoms with Crippen LogP contribution in [-0.2, 0) is 10.0 Å². The van der Waals surface area contributed by atoms with Crippen LogP contribution in [0, 0.1) is 6.92 Å². The molecule has 4 rings (SSSR count). The summed E-state index contributed by atoms with van der Waals surface area (Å²) in [6.45, 7) is 5.59. The van der Waals surface area contributed by atoms with Gasteiger partial charge in [-0.1, -0.05) is 54.1 Å². The second-order valence-electron chi connectivity index (χ2n) is 6.97. The second-order valence-corrected chi connectivity index (χ2v) is 8.46. The zero-order valence-electron chi connectivity index (χ0n) is 15.3. The molecule has 140 valence electrons. The number of hydrogen-bond acceptors (Lipinski definition) is 4. The van der Waals surface area contributed by atoms with Crippen LogP contribution >= 0.6 is 0 Å². The van der Waals surface area contributed by atoms with E-state index < -0.39 is 10.0 Å². The number of nitrogens with one attached hydrogen (secondary N) is 1. The van der Waals surface area contributed by atoms with E-state index >= 15 is 0 Å². The molecule has 0 radical (unpaired) electrons. The summed E-state index contributed by atoms with van der Waals surface area (Å²) in [5, 5.41) is 10.6. The zero-order chi connectivity index (χ0) is 19.0. The van der Waals surface area contributed by atoms with E-state index in [1.165, 1.54) is 0 Å². The molecule has 3 aromatic rings. The lowest BCUT2D eigenvalue weighted by molar-refractivity contribution is 0.590. The third-order valence-corrected chi connectivity index (χ3v) is 6.09. The summed E-state index contributed by atoms with van der Waals surface area (Å²) in [5.74, 6) is 0. The average molecular weight is 382 g/mol. The van der Waals surface area contributed by atoms with E-state index in [0.29, 0.717) is 10.9 Å². The van der Waals surface area contributed by atoms with Crippen LogP contribution in [0.5, 0.6) is 0 Å². The second kappa shape index (κ2) is 6.96. The van der Waals surface area contributed by atoms with Crippen LogP contribution < -0.4 is 15.4 Å². The quantitative estimate of drug-likeness (QED) is 0.732. The van der Waals surface area contributed by atoms with Gasteiger partial charge in [-0.15, -0.1) is 0 Å². The minimum absolute atomic E-state index is 0.195. The van der Waals surface area contributed by atoms with Crippen molar-refractivity contribution in [1.82, 2.24) is 5.32 Å². The molecule has 0 aromatic heterocycles. The molecule has 5 nitrogen and oxygen atoms in total. The maximum atomic E-state index is 12.5. The summed E-state index contributed by atoms with van der Waals surface area (Å²) in [6, 6.07) is 17.5. The van der Waals surface area contributed by atoms with Gasteiger partial charge in [-0.05, 0) is 18.6 Å². The van der Waals surface area contributed by atoms with Gasteiger partial charge in [0.1, 0.15) is 0 Å². The number of hydrogen-bond donors (Lipinski definition) is 2. The smallest absolute Gasteiger partial charge is 0.239 e. The molecule has 27 heavy (non-hydrogen) atoms. The van der Waals surface area contributed by atoms with Crippen LogP contribution in [-0.4, -0.2) is 34.6 Å². The fraction of sp³-hybridized carbons (Fsp3) is 0.238.